The van der Waals surface area contributed by atoms with Crippen LogP contribution < -0.4 is 0 Å². The Balaban J connectivity index is 2.19. The minimum Gasteiger partial charge on any atom is -0.298 e. The van der Waals surface area contributed by atoms with Crippen LogP contribution in [0.4, 0.5) is 0 Å². The predicted molar refractivity (Wildman–Crippen MR) is 45.6 cm³/mol. The topological polar surface area (TPSA) is 34.0 Å². The molecule has 0 radical (unpaired) electrons. The van der Waals surface area contributed by atoms with Crippen molar-refractivity contribution in [1.82, 2.24) is 19.9 Å². The van der Waals surface area contributed by atoms with Crippen molar-refractivity contribution in [3.63, 3.8) is 0 Å². The van der Waals surface area contributed by atoms with Gasteiger partial charge in [0.05, 0.1) is 11.7 Å². The Labute approximate surface area is 72.2 Å². The Morgan fingerprint density at radius 3 is 2.83 bits per heavy atom. The normalized spacial score (nSPS) is 25.0. The van der Waals surface area contributed by atoms with Crippen LogP contribution in [-0.4, -0.2) is 33.5 Å². The second-order valence-corrected chi connectivity index (χ2v) is 3.46. The maximum atomic E-state index is 4.12. The molecular weight excluding hydrogens is 152 g/mol. The van der Waals surface area contributed by atoms with E-state index in [-0.39, 0.29) is 0 Å². The van der Waals surface area contributed by atoms with E-state index in [1.165, 1.54) is 19.4 Å². The average molecular weight is 166 g/mol. The third kappa shape index (κ3) is 1.22. The van der Waals surface area contributed by atoms with Crippen molar-refractivity contribution in [2.75, 3.05) is 13.6 Å². The first-order valence-corrected chi connectivity index (χ1v) is 4.34. The molecule has 2 heterocycles. The molecule has 1 fully saturated rings. The van der Waals surface area contributed by atoms with E-state index in [0.29, 0.717) is 6.04 Å². The molecule has 0 amide bonds. The second kappa shape index (κ2) is 2.86. The Hall–Kier alpha value is -0.900. The highest BCUT2D eigenvalue weighted by atomic mass is 15.4. The number of rotatable bonds is 1. The second-order valence-electron chi connectivity index (χ2n) is 3.46. The number of hydrogen-bond donors (Lipinski definition) is 0. The van der Waals surface area contributed by atoms with E-state index in [0.717, 1.165) is 5.69 Å². The van der Waals surface area contributed by atoms with Gasteiger partial charge in [-0.15, -0.1) is 5.10 Å². The van der Waals surface area contributed by atoms with Gasteiger partial charge in [-0.05, 0) is 26.4 Å². The lowest BCUT2D eigenvalue weighted by atomic mass is 10.2. The molecule has 0 unspecified atom stereocenters. The van der Waals surface area contributed by atoms with Crippen LogP contribution in [-0.2, 0) is 7.05 Å². The molecule has 1 atom stereocenters. The fourth-order valence-corrected chi connectivity index (χ4v) is 1.80. The van der Waals surface area contributed by atoms with Gasteiger partial charge in [-0.25, -0.2) is 0 Å². The average Bonchev–Trinajstić information content (AvgIpc) is 2.58. The van der Waals surface area contributed by atoms with Crippen molar-refractivity contribution >= 4 is 0 Å². The largest absolute Gasteiger partial charge is 0.298 e. The lowest BCUT2D eigenvalue weighted by Crippen LogP contribution is -2.17. The summed E-state index contributed by atoms with van der Waals surface area (Å²) in [6.07, 6.45) is 4.50. The Bertz CT molecular complexity index is 268. The minimum absolute atomic E-state index is 0.499. The number of aryl methyl sites for hydroxylation is 1. The van der Waals surface area contributed by atoms with E-state index in [2.05, 4.69) is 22.3 Å². The highest BCUT2D eigenvalue weighted by Crippen LogP contribution is 2.28. The zero-order valence-electron chi connectivity index (χ0n) is 7.56. The Morgan fingerprint density at radius 1 is 1.50 bits per heavy atom. The molecule has 2 rings (SSSR count). The summed E-state index contributed by atoms with van der Waals surface area (Å²) < 4.78 is 1.77. The summed E-state index contributed by atoms with van der Waals surface area (Å²) in [5.74, 6) is 0. The number of hydrogen-bond acceptors (Lipinski definition) is 3. The van der Waals surface area contributed by atoms with Gasteiger partial charge in [-0.1, -0.05) is 5.21 Å². The Kier molecular flexibility index (Phi) is 1.84. The summed E-state index contributed by atoms with van der Waals surface area (Å²) in [5.41, 5.74) is 1.11. The summed E-state index contributed by atoms with van der Waals surface area (Å²) in [6, 6.07) is 0.499. The van der Waals surface area contributed by atoms with Crippen LogP contribution in [0.15, 0.2) is 6.20 Å². The van der Waals surface area contributed by atoms with Crippen LogP contribution in [0.3, 0.4) is 0 Å². The molecule has 1 aliphatic rings. The molecule has 0 N–H and O–H groups in total. The highest BCUT2D eigenvalue weighted by molar-refractivity contribution is 5.02. The molecule has 0 aromatic carbocycles. The lowest BCUT2D eigenvalue weighted by Gasteiger charge is -2.15. The molecule has 12 heavy (non-hydrogen) atoms. The zero-order chi connectivity index (χ0) is 8.55. The number of likely N-dealkylation sites (tertiary alicyclic amines) is 1. The van der Waals surface area contributed by atoms with Gasteiger partial charge in [0.15, 0.2) is 0 Å². The zero-order valence-corrected chi connectivity index (χ0v) is 7.56. The van der Waals surface area contributed by atoms with Crippen molar-refractivity contribution in [3.8, 4) is 0 Å². The van der Waals surface area contributed by atoms with Crippen molar-refractivity contribution in [3.05, 3.63) is 11.9 Å². The molecule has 0 saturated carbocycles. The van der Waals surface area contributed by atoms with E-state index in [1.807, 2.05) is 13.2 Å². The van der Waals surface area contributed by atoms with Gasteiger partial charge in [-0.2, -0.15) is 0 Å². The van der Waals surface area contributed by atoms with E-state index < -0.39 is 0 Å². The summed E-state index contributed by atoms with van der Waals surface area (Å²) in [5, 5.41) is 8.06. The van der Waals surface area contributed by atoms with Crippen molar-refractivity contribution in [2.45, 2.75) is 18.9 Å². The van der Waals surface area contributed by atoms with Crippen LogP contribution in [0.25, 0.3) is 0 Å². The van der Waals surface area contributed by atoms with Crippen LogP contribution in [0, 0.1) is 0 Å². The van der Waals surface area contributed by atoms with Crippen LogP contribution in [0.2, 0.25) is 0 Å². The fourth-order valence-electron chi connectivity index (χ4n) is 1.80. The van der Waals surface area contributed by atoms with Crippen LogP contribution in [0.1, 0.15) is 24.6 Å². The lowest BCUT2D eigenvalue weighted by molar-refractivity contribution is 0.311. The fraction of sp³-hybridized carbons (Fsp3) is 0.750. The first-order chi connectivity index (χ1) is 5.77. The summed E-state index contributed by atoms with van der Waals surface area (Å²) in [4.78, 5) is 2.34. The third-order valence-corrected chi connectivity index (χ3v) is 2.48. The summed E-state index contributed by atoms with van der Waals surface area (Å²) in [6.45, 7) is 1.18. The molecule has 1 saturated heterocycles. The SMILES string of the molecule is CN1CCC[C@H]1c1cn(C)nn1. The number of nitrogens with zero attached hydrogens (tertiary/aromatic N) is 4. The molecule has 0 aliphatic carbocycles. The van der Waals surface area contributed by atoms with Gasteiger partial charge in [0, 0.05) is 13.2 Å². The molecule has 0 bridgehead atoms. The quantitative estimate of drug-likeness (QED) is 0.612. The summed E-state index contributed by atoms with van der Waals surface area (Å²) in [7, 11) is 4.05. The summed E-state index contributed by atoms with van der Waals surface area (Å²) >= 11 is 0. The molecule has 1 aromatic heterocycles. The monoisotopic (exact) mass is 166 g/mol. The first-order valence-electron chi connectivity index (χ1n) is 4.34. The Morgan fingerprint density at radius 2 is 2.33 bits per heavy atom. The van der Waals surface area contributed by atoms with E-state index in [1.54, 1.807) is 4.68 Å². The van der Waals surface area contributed by atoms with E-state index in [9.17, 15) is 0 Å². The van der Waals surface area contributed by atoms with Gasteiger partial charge in [0.25, 0.3) is 0 Å². The van der Waals surface area contributed by atoms with Gasteiger partial charge in [-0.3, -0.25) is 9.58 Å². The van der Waals surface area contributed by atoms with Gasteiger partial charge >= 0.3 is 0 Å². The van der Waals surface area contributed by atoms with Crippen LogP contribution in [0.5, 0.6) is 0 Å². The maximum Gasteiger partial charge on any atom is 0.0998 e. The smallest absolute Gasteiger partial charge is 0.0998 e. The highest BCUT2D eigenvalue weighted by Gasteiger charge is 2.24. The van der Waals surface area contributed by atoms with E-state index >= 15 is 0 Å². The molecular formula is C8H14N4. The molecule has 4 heteroatoms. The van der Waals surface area contributed by atoms with Gasteiger partial charge in [0.1, 0.15) is 0 Å². The number of aromatic nitrogens is 3. The first kappa shape index (κ1) is 7.73. The standard InChI is InChI=1S/C8H14N4/c1-11-5-3-4-8(11)7-6-12(2)10-9-7/h6,8H,3-5H2,1-2H3/t8-/m0/s1. The van der Waals surface area contributed by atoms with Crippen molar-refractivity contribution in [2.24, 2.45) is 7.05 Å². The van der Waals surface area contributed by atoms with Crippen molar-refractivity contribution < 1.29 is 0 Å². The minimum atomic E-state index is 0.499. The molecule has 1 aromatic rings. The van der Waals surface area contributed by atoms with Gasteiger partial charge in [0.2, 0.25) is 0 Å². The molecule has 66 valence electrons. The molecule has 0 spiro atoms. The van der Waals surface area contributed by atoms with Gasteiger partial charge < -0.3 is 0 Å². The molecule has 1 aliphatic heterocycles. The van der Waals surface area contributed by atoms with E-state index in [4.69, 9.17) is 0 Å². The third-order valence-electron chi connectivity index (χ3n) is 2.48. The maximum absolute atomic E-state index is 4.12. The molecule has 4 nitrogen and oxygen atoms in total. The van der Waals surface area contributed by atoms with Crippen molar-refractivity contribution in [1.29, 1.82) is 0 Å². The predicted octanol–water partition coefficient (Wildman–Crippen LogP) is 0.582. The van der Waals surface area contributed by atoms with Crippen LogP contribution >= 0.6 is 0 Å².